The Labute approximate surface area is 173 Å². The van der Waals surface area contributed by atoms with Crippen LogP contribution in [0.1, 0.15) is 24.4 Å². The summed E-state index contributed by atoms with van der Waals surface area (Å²) >= 11 is 6.11. The third kappa shape index (κ3) is 4.75. The molecule has 0 saturated heterocycles. The first-order valence-corrected chi connectivity index (χ1v) is 9.60. The number of nitrogens with zero attached hydrogens (tertiary/aromatic N) is 2. The summed E-state index contributed by atoms with van der Waals surface area (Å²) in [6.07, 6.45) is 0. The number of rotatable bonds is 6. The molecule has 7 nitrogen and oxygen atoms in total. The van der Waals surface area contributed by atoms with Gasteiger partial charge in [0.1, 0.15) is 5.82 Å². The second kappa shape index (κ2) is 9.07. The van der Waals surface area contributed by atoms with Gasteiger partial charge in [-0.25, -0.2) is 9.78 Å². The standard InChI is InChI=1S/C21H23ClN4O3/c1-13-8-9-15(12-17(13)22)24-21(28)23-14(2)19-25-18-7-5-4-6-16(18)20(27)26(19)10-11-29-3/h4-9,12,14H,10-11H2,1-3H3,(H2,23,24,28)/t14-/m0/s1. The lowest BCUT2D eigenvalue weighted by Gasteiger charge is -2.20. The number of para-hydroxylation sites is 1. The highest BCUT2D eigenvalue weighted by molar-refractivity contribution is 6.31. The lowest BCUT2D eigenvalue weighted by atomic mass is 10.2. The van der Waals surface area contributed by atoms with Gasteiger partial charge in [-0.05, 0) is 43.7 Å². The van der Waals surface area contributed by atoms with Crippen LogP contribution in [0.4, 0.5) is 10.5 Å². The molecule has 152 valence electrons. The SMILES string of the molecule is COCCn1c([C@H](C)NC(=O)Nc2ccc(C)c(Cl)c2)nc2ccccc2c1=O. The summed E-state index contributed by atoms with van der Waals surface area (Å²) in [4.78, 5) is 30.0. The summed E-state index contributed by atoms with van der Waals surface area (Å²) in [5, 5.41) is 6.68. The first kappa shape index (κ1) is 20.8. The average molecular weight is 415 g/mol. The Morgan fingerprint density at radius 3 is 2.76 bits per heavy atom. The molecule has 2 N–H and O–H groups in total. The van der Waals surface area contributed by atoms with E-state index in [-0.39, 0.29) is 5.56 Å². The smallest absolute Gasteiger partial charge is 0.319 e. The fourth-order valence-corrected chi connectivity index (χ4v) is 3.19. The number of amides is 2. The molecule has 3 aromatic rings. The van der Waals surface area contributed by atoms with E-state index in [4.69, 9.17) is 16.3 Å². The third-order valence-corrected chi connectivity index (χ3v) is 4.98. The van der Waals surface area contributed by atoms with E-state index < -0.39 is 12.1 Å². The number of carbonyl (C=O) groups is 1. The molecule has 1 aromatic heterocycles. The molecule has 8 heteroatoms. The number of anilines is 1. The van der Waals surface area contributed by atoms with E-state index in [9.17, 15) is 9.59 Å². The Morgan fingerprint density at radius 1 is 1.28 bits per heavy atom. The Kier molecular flexibility index (Phi) is 6.51. The third-order valence-electron chi connectivity index (χ3n) is 4.57. The van der Waals surface area contributed by atoms with Gasteiger partial charge in [0.05, 0.1) is 30.1 Å². The minimum absolute atomic E-state index is 0.165. The molecule has 1 atom stereocenters. The highest BCUT2D eigenvalue weighted by Gasteiger charge is 2.18. The number of nitrogens with one attached hydrogen (secondary N) is 2. The van der Waals surface area contributed by atoms with E-state index in [1.807, 2.05) is 19.1 Å². The molecule has 0 radical (unpaired) electrons. The summed E-state index contributed by atoms with van der Waals surface area (Å²) in [7, 11) is 1.57. The number of hydrogen-bond acceptors (Lipinski definition) is 4. The van der Waals surface area contributed by atoms with Crippen LogP contribution < -0.4 is 16.2 Å². The van der Waals surface area contributed by atoms with Crippen LogP contribution in [0.5, 0.6) is 0 Å². The van der Waals surface area contributed by atoms with Crippen LogP contribution in [0, 0.1) is 6.92 Å². The van der Waals surface area contributed by atoms with E-state index >= 15 is 0 Å². The van der Waals surface area contributed by atoms with E-state index in [0.717, 1.165) is 5.56 Å². The van der Waals surface area contributed by atoms with Gasteiger partial charge in [0.25, 0.3) is 5.56 Å². The van der Waals surface area contributed by atoms with Gasteiger partial charge in [0, 0.05) is 17.8 Å². The molecule has 0 aliphatic rings. The van der Waals surface area contributed by atoms with Crippen molar-refractivity contribution in [2.75, 3.05) is 19.0 Å². The number of urea groups is 1. The molecular formula is C21H23ClN4O3. The van der Waals surface area contributed by atoms with Crippen molar-refractivity contribution in [2.24, 2.45) is 0 Å². The van der Waals surface area contributed by atoms with Crippen LogP contribution in [0.2, 0.25) is 5.02 Å². The van der Waals surface area contributed by atoms with Crippen LogP contribution in [0.25, 0.3) is 10.9 Å². The van der Waals surface area contributed by atoms with Crippen molar-refractivity contribution >= 4 is 34.2 Å². The van der Waals surface area contributed by atoms with Crippen molar-refractivity contribution in [3.8, 4) is 0 Å². The number of methoxy groups -OCH3 is 1. The number of ether oxygens (including phenoxy) is 1. The maximum atomic E-state index is 12.9. The number of hydrogen-bond donors (Lipinski definition) is 2. The Hall–Kier alpha value is -2.90. The summed E-state index contributed by atoms with van der Waals surface area (Å²) < 4.78 is 6.67. The fraction of sp³-hybridized carbons (Fsp3) is 0.286. The van der Waals surface area contributed by atoms with E-state index in [2.05, 4.69) is 15.6 Å². The normalized spacial score (nSPS) is 12.0. The molecule has 0 unspecified atom stereocenters. The number of fused-ring (bicyclic) bond motifs is 1. The van der Waals surface area contributed by atoms with Crippen molar-refractivity contribution in [1.82, 2.24) is 14.9 Å². The molecule has 0 aliphatic heterocycles. The molecule has 3 rings (SSSR count). The summed E-state index contributed by atoms with van der Waals surface area (Å²) in [6.45, 7) is 4.36. The predicted molar refractivity (Wildman–Crippen MR) is 115 cm³/mol. The molecule has 1 heterocycles. The highest BCUT2D eigenvalue weighted by atomic mass is 35.5. The molecule has 0 spiro atoms. The zero-order valence-electron chi connectivity index (χ0n) is 16.5. The Bertz CT molecular complexity index is 1100. The quantitative estimate of drug-likeness (QED) is 0.640. The Balaban J connectivity index is 1.86. The zero-order valence-corrected chi connectivity index (χ0v) is 17.3. The molecule has 29 heavy (non-hydrogen) atoms. The summed E-state index contributed by atoms with van der Waals surface area (Å²) in [5.41, 5.74) is 1.92. The van der Waals surface area contributed by atoms with Crippen LogP contribution in [-0.4, -0.2) is 29.3 Å². The molecule has 0 bridgehead atoms. The minimum atomic E-state index is -0.509. The van der Waals surface area contributed by atoms with E-state index in [1.165, 1.54) is 0 Å². The summed E-state index contributed by atoms with van der Waals surface area (Å²) in [6, 6.07) is 11.5. The van der Waals surface area contributed by atoms with Gasteiger partial charge in [-0.1, -0.05) is 29.8 Å². The average Bonchev–Trinajstić information content (AvgIpc) is 2.70. The van der Waals surface area contributed by atoms with Crippen molar-refractivity contribution < 1.29 is 9.53 Å². The van der Waals surface area contributed by atoms with Gasteiger partial charge in [-0.2, -0.15) is 0 Å². The van der Waals surface area contributed by atoms with E-state index in [1.54, 1.807) is 48.9 Å². The van der Waals surface area contributed by atoms with Crippen LogP contribution in [0.15, 0.2) is 47.3 Å². The lowest BCUT2D eigenvalue weighted by Crippen LogP contribution is -2.36. The first-order valence-electron chi connectivity index (χ1n) is 9.22. The van der Waals surface area contributed by atoms with Gasteiger partial charge >= 0.3 is 6.03 Å². The fourth-order valence-electron chi connectivity index (χ4n) is 3.01. The number of aromatic nitrogens is 2. The second-order valence-electron chi connectivity index (χ2n) is 6.72. The number of carbonyl (C=O) groups excluding carboxylic acids is 1. The number of halogens is 1. The highest BCUT2D eigenvalue weighted by Crippen LogP contribution is 2.20. The van der Waals surface area contributed by atoms with Crippen molar-refractivity contribution in [1.29, 1.82) is 0 Å². The van der Waals surface area contributed by atoms with Crippen molar-refractivity contribution in [3.63, 3.8) is 0 Å². The molecule has 0 aliphatic carbocycles. The monoisotopic (exact) mass is 414 g/mol. The lowest BCUT2D eigenvalue weighted by molar-refractivity contribution is 0.184. The largest absolute Gasteiger partial charge is 0.383 e. The summed E-state index contributed by atoms with van der Waals surface area (Å²) in [5.74, 6) is 0.461. The molecule has 2 amide bonds. The molecule has 0 fully saturated rings. The maximum absolute atomic E-state index is 12.9. The van der Waals surface area contributed by atoms with Crippen LogP contribution >= 0.6 is 11.6 Å². The number of aryl methyl sites for hydroxylation is 1. The predicted octanol–water partition coefficient (Wildman–Crippen LogP) is 3.89. The van der Waals surface area contributed by atoms with Gasteiger partial charge in [-0.3, -0.25) is 9.36 Å². The first-order chi connectivity index (χ1) is 13.9. The van der Waals surface area contributed by atoms with Gasteiger partial charge in [0.2, 0.25) is 0 Å². The topological polar surface area (TPSA) is 85.2 Å². The number of benzene rings is 2. The second-order valence-corrected chi connectivity index (χ2v) is 7.13. The van der Waals surface area contributed by atoms with Crippen LogP contribution in [-0.2, 0) is 11.3 Å². The minimum Gasteiger partial charge on any atom is -0.383 e. The van der Waals surface area contributed by atoms with Gasteiger partial charge < -0.3 is 15.4 Å². The van der Waals surface area contributed by atoms with Gasteiger partial charge in [0.15, 0.2) is 0 Å². The van der Waals surface area contributed by atoms with Crippen molar-refractivity contribution in [3.05, 3.63) is 69.2 Å². The molecule has 0 saturated carbocycles. The van der Waals surface area contributed by atoms with Crippen molar-refractivity contribution in [2.45, 2.75) is 26.4 Å². The maximum Gasteiger partial charge on any atom is 0.319 e. The molecule has 2 aromatic carbocycles. The zero-order chi connectivity index (χ0) is 21.0. The Morgan fingerprint density at radius 2 is 2.03 bits per heavy atom. The van der Waals surface area contributed by atoms with E-state index in [0.29, 0.717) is 40.6 Å². The van der Waals surface area contributed by atoms with Gasteiger partial charge in [-0.15, -0.1) is 0 Å². The molecular weight excluding hydrogens is 392 g/mol. The van der Waals surface area contributed by atoms with Crippen LogP contribution in [0.3, 0.4) is 0 Å².